The molecule has 1 saturated carbocycles. The molecule has 3 aliphatic rings. The average Bonchev–Trinajstić information content (AvgIpc) is 3.13. The number of fused-ring (bicyclic) bond motifs is 2. The molecule has 4 nitrogen and oxygen atoms in total. The molecule has 1 atom stereocenters. The number of anilines is 1. The van der Waals surface area contributed by atoms with Crippen molar-refractivity contribution in [1.29, 1.82) is 0 Å². The summed E-state index contributed by atoms with van der Waals surface area (Å²) in [6, 6.07) is 12.2. The Balaban J connectivity index is 1.80. The fourth-order valence-corrected chi connectivity index (χ4v) is 5.90. The summed E-state index contributed by atoms with van der Waals surface area (Å²) in [5.74, 6) is -0.970. The molecule has 0 saturated heterocycles. The molecule has 30 heavy (non-hydrogen) atoms. The van der Waals surface area contributed by atoms with Crippen LogP contribution in [0.25, 0.3) is 0 Å². The second kappa shape index (κ2) is 7.14. The van der Waals surface area contributed by atoms with Crippen molar-refractivity contribution in [3.8, 4) is 0 Å². The van der Waals surface area contributed by atoms with Crippen molar-refractivity contribution < 1.29 is 14.7 Å². The van der Waals surface area contributed by atoms with Crippen LogP contribution in [0.5, 0.6) is 0 Å². The van der Waals surface area contributed by atoms with Crippen molar-refractivity contribution in [3.05, 3.63) is 75.0 Å². The lowest BCUT2D eigenvalue weighted by Gasteiger charge is -2.40. The number of amides is 1. The van der Waals surface area contributed by atoms with Crippen LogP contribution < -0.4 is 4.90 Å². The number of rotatable bonds is 2. The summed E-state index contributed by atoms with van der Waals surface area (Å²) >= 11 is 12.4. The number of aliphatic hydroxyl groups is 1. The van der Waals surface area contributed by atoms with E-state index in [1.165, 1.54) is 4.90 Å². The second-order valence-electron chi connectivity index (χ2n) is 8.33. The van der Waals surface area contributed by atoms with E-state index in [0.29, 0.717) is 21.3 Å². The number of aliphatic hydroxyl groups excluding tert-OH is 1. The number of carbonyl (C=O) groups excluding carboxylic acids is 2. The zero-order valence-corrected chi connectivity index (χ0v) is 17.8. The Morgan fingerprint density at radius 3 is 2.43 bits per heavy atom. The fourth-order valence-electron chi connectivity index (χ4n) is 5.52. The molecule has 5 rings (SSSR count). The number of benzene rings is 2. The van der Waals surface area contributed by atoms with Crippen LogP contribution in [0.2, 0.25) is 10.0 Å². The maximum atomic E-state index is 13.8. The quantitative estimate of drug-likeness (QED) is 0.644. The van der Waals surface area contributed by atoms with Crippen LogP contribution in [0.15, 0.2) is 53.8 Å². The number of nitrogens with zero attached hydrogens (tertiary/aromatic N) is 1. The van der Waals surface area contributed by atoms with Gasteiger partial charge in [-0.2, -0.15) is 0 Å². The van der Waals surface area contributed by atoms with Crippen LogP contribution in [0, 0.1) is 5.92 Å². The number of carbonyl (C=O) groups is 2. The van der Waals surface area contributed by atoms with Crippen molar-refractivity contribution in [2.45, 2.75) is 44.1 Å². The zero-order valence-electron chi connectivity index (χ0n) is 16.3. The zero-order chi connectivity index (χ0) is 21.0. The molecule has 1 unspecified atom stereocenters. The van der Waals surface area contributed by atoms with Crippen LogP contribution in [0.3, 0.4) is 0 Å². The Morgan fingerprint density at radius 1 is 0.967 bits per heavy atom. The first-order chi connectivity index (χ1) is 14.4. The topological polar surface area (TPSA) is 57.6 Å². The Hall–Kier alpha value is -2.30. The summed E-state index contributed by atoms with van der Waals surface area (Å²) in [4.78, 5) is 28.7. The molecule has 1 N–H and O–H groups in total. The molecular formula is C24H21Cl2NO3. The lowest BCUT2D eigenvalue weighted by atomic mass is 9.72. The predicted molar refractivity (Wildman–Crippen MR) is 117 cm³/mol. The lowest BCUT2D eigenvalue weighted by molar-refractivity contribution is -0.124. The van der Waals surface area contributed by atoms with E-state index in [1.807, 2.05) is 6.07 Å². The average molecular weight is 442 g/mol. The van der Waals surface area contributed by atoms with E-state index in [2.05, 4.69) is 0 Å². The molecule has 2 aliphatic carbocycles. The molecule has 1 spiro atoms. The van der Waals surface area contributed by atoms with Crippen LogP contribution in [-0.4, -0.2) is 16.8 Å². The number of hydrogen-bond donors (Lipinski definition) is 1. The number of Topliss-reactive ketones (excluding diaryl/α,β-unsaturated/α-hetero) is 1. The molecule has 1 fully saturated rings. The van der Waals surface area contributed by atoms with Gasteiger partial charge in [-0.05, 0) is 60.2 Å². The highest BCUT2D eigenvalue weighted by molar-refractivity contribution is 6.31. The van der Waals surface area contributed by atoms with E-state index >= 15 is 0 Å². The first-order valence-electron chi connectivity index (χ1n) is 10.3. The Morgan fingerprint density at radius 2 is 1.70 bits per heavy atom. The van der Waals surface area contributed by atoms with Crippen molar-refractivity contribution in [2.24, 2.45) is 5.92 Å². The predicted octanol–water partition coefficient (Wildman–Crippen LogP) is 5.75. The lowest BCUT2D eigenvalue weighted by Crippen LogP contribution is -2.51. The smallest absolute Gasteiger partial charge is 0.294 e. The van der Waals surface area contributed by atoms with Gasteiger partial charge in [0, 0.05) is 27.7 Å². The van der Waals surface area contributed by atoms with Crippen LogP contribution in [0.1, 0.15) is 43.2 Å². The van der Waals surface area contributed by atoms with Crippen molar-refractivity contribution in [1.82, 2.24) is 0 Å². The monoisotopic (exact) mass is 441 g/mol. The first kappa shape index (κ1) is 19.7. The third-order valence-electron chi connectivity index (χ3n) is 6.68. The third kappa shape index (κ3) is 2.67. The van der Waals surface area contributed by atoms with Gasteiger partial charge >= 0.3 is 0 Å². The highest BCUT2D eigenvalue weighted by Crippen LogP contribution is 2.55. The van der Waals surface area contributed by atoms with Crippen molar-refractivity contribution in [2.75, 3.05) is 4.90 Å². The second-order valence-corrected chi connectivity index (χ2v) is 9.20. The summed E-state index contributed by atoms with van der Waals surface area (Å²) in [5.41, 5.74) is 1.25. The maximum Gasteiger partial charge on any atom is 0.294 e. The van der Waals surface area contributed by atoms with Gasteiger partial charge in [-0.1, -0.05) is 54.6 Å². The van der Waals surface area contributed by atoms with Gasteiger partial charge < -0.3 is 5.11 Å². The van der Waals surface area contributed by atoms with Gasteiger partial charge in [0.1, 0.15) is 0 Å². The van der Waals surface area contributed by atoms with Gasteiger partial charge in [0.25, 0.3) is 5.91 Å². The molecule has 6 heteroatoms. The molecule has 1 amide bonds. The normalized spacial score (nSPS) is 24.3. The minimum absolute atomic E-state index is 0.0162. The first-order valence-corrected chi connectivity index (χ1v) is 11.1. The van der Waals surface area contributed by atoms with Gasteiger partial charge in [-0.3, -0.25) is 14.5 Å². The number of halogens is 2. The molecule has 0 bridgehead atoms. The molecule has 1 aliphatic heterocycles. The van der Waals surface area contributed by atoms with Crippen LogP contribution in [0.4, 0.5) is 5.69 Å². The Kier molecular flexibility index (Phi) is 4.68. The number of ketones is 1. The third-order valence-corrected chi connectivity index (χ3v) is 7.15. The van der Waals surface area contributed by atoms with Gasteiger partial charge in [0.05, 0.1) is 0 Å². The largest absolute Gasteiger partial charge is 0.503 e. The molecule has 2 aromatic carbocycles. The highest BCUT2D eigenvalue weighted by Gasteiger charge is 2.62. The van der Waals surface area contributed by atoms with E-state index in [4.69, 9.17) is 23.2 Å². The standard InChI is InChI=1S/C24H21Cl2NO3/c25-16-7-4-8-18(13-16)27-23(30)22(29)21(14-5-2-1-3-6-14)24(27)19-10-9-17(26)11-15(19)12-20(24)28/h4,7-11,13-14,29H,1-3,5-6,12H2. The van der Waals surface area contributed by atoms with Gasteiger partial charge in [-0.15, -0.1) is 0 Å². The molecule has 0 aromatic heterocycles. The van der Waals surface area contributed by atoms with E-state index in [0.717, 1.165) is 43.2 Å². The minimum atomic E-state index is -1.34. The summed E-state index contributed by atoms with van der Waals surface area (Å²) in [5, 5.41) is 12.1. The van der Waals surface area contributed by atoms with Crippen molar-refractivity contribution in [3.63, 3.8) is 0 Å². The molecule has 154 valence electrons. The molecular weight excluding hydrogens is 421 g/mol. The summed E-state index contributed by atoms with van der Waals surface area (Å²) in [6.07, 6.45) is 5.05. The SMILES string of the molecule is O=C1C(O)=C(C2CCCCC2)C2(C(=O)Cc3cc(Cl)ccc32)N1c1cccc(Cl)c1. The Labute approximate surface area is 185 Å². The van der Waals surface area contributed by atoms with E-state index in [9.17, 15) is 14.7 Å². The van der Waals surface area contributed by atoms with E-state index in [1.54, 1.807) is 36.4 Å². The summed E-state index contributed by atoms with van der Waals surface area (Å²) in [7, 11) is 0. The van der Waals surface area contributed by atoms with Crippen LogP contribution in [-0.2, 0) is 21.5 Å². The maximum absolute atomic E-state index is 13.8. The molecule has 1 heterocycles. The molecule has 2 aromatic rings. The van der Waals surface area contributed by atoms with Crippen molar-refractivity contribution >= 4 is 40.6 Å². The number of hydrogen-bond acceptors (Lipinski definition) is 3. The Bertz CT molecular complexity index is 1100. The highest BCUT2D eigenvalue weighted by atomic mass is 35.5. The minimum Gasteiger partial charge on any atom is -0.503 e. The molecule has 0 radical (unpaired) electrons. The van der Waals surface area contributed by atoms with Gasteiger partial charge in [0.15, 0.2) is 17.1 Å². The van der Waals surface area contributed by atoms with E-state index in [-0.39, 0.29) is 23.9 Å². The van der Waals surface area contributed by atoms with Crippen LogP contribution >= 0.6 is 23.2 Å². The van der Waals surface area contributed by atoms with E-state index < -0.39 is 11.4 Å². The fraction of sp³-hybridized carbons (Fsp3) is 0.333. The van der Waals surface area contributed by atoms with Gasteiger partial charge in [0.2, 0.25) is 0 Å². The summed E-state index contributed by atoms with van der Waals surface area (Å²) < 4.78 is 0. The van der Waals surface area contributed by atoms with Gasteiger partial charge in [-0.25, -0.2) is 0 Å². The summed E-state index contributed by atoms with van der Waals surface area (Å²) in [6.45, 7) is 0.